The smallest absolute Gasteiger partial charge is 0.383 e. The lowest BCUT2D eigenvalue weighted by Crippen LogP contribution is -2.18. The maximum atomic E-state index is 12.2. The summed E-state index contributed by atoms with van der Waals surface area (Å²) in [4.78, 5) is 0. The monoisotopic (exact) mass is 233 g/mol. The first-order valence-corrected chi connectivity index (χ1v) is 4.90. The number of ether oxygens (including phenoxy) is 1. The van der Waals surface area contributed by atoms with Crippen molar-refractivity contribution in [2.45, 2.75) is 12.7 Å². The van der Waals surface area contributed by atoms with Crippen molar-refractivity contribution in [2.75, 3.05) is 20.3 Å². The lowest BCUT2D eigenvalue weighted by atomic mass is 10.1. The normalized spacial score (nSPS) is 11.8. The number of rotatable bonds is 5. The summed E-state index contributed by atoms with van der Waals surface area (Å²) in [7, 11) is 1.60. The van der Waals surface area contributed by atoms with E-state index >= 15 is 0 Å². The van der Waals surface area contributed by atoms with E-state index in [0.29, 0.717) is 19.7 Å². The van der Waals surface area contributed by atoms with Gasteiger partial charge in [-0.3, -0.25) is 0 Å². The average molecular weight is 233 g/mol. The minimum absolute atomic E-state index is 0.543. The number of hydrogen-bond donors (Lipinski definition) is 1. The van der Waals surface area contributed by atoms with E-state index < -0.39 is 11.7 Å². The van der Waals surface area contributed by atoms with E-state index in [4.69, 9.17) is 4.74 Å². The summed E-state index contributed by atoms with van der Waals surface area (Å²) < 4.78 is 41.6. The lowest BCUT2D eigenvalue weighted by molar-refractivity contribution is -0.137. The van der Waals surface area contributed by atoms with Crippen LogP contribution >= 0.6 is 0 Å². The fourth-order valence-electron chi connectivity index (χ4n) is 1.22. The molecule has 0 fully saturated rings. The van der Waals surface area contributed by atoms with Crippen LogP contribution in [0.5, 0.6) is 0 Å². The Morgan fingerprint density at radius 2 is 1.81 bits per heavy atom. The second kappa shape index (κ2) is 5.86. The van der Waals surface area contributed by atoms with E-state index in [1.807, 2.05) is 0 Å². The van der Waals surface area contributed by atoms with Gasteiger partial charge >= 0.3 is 6.18 Å². The van der Waals surface area contributed by atoms with Crippen LogP contribution in [0.3, 0.4) is 0 Å². The van der Waals surface area contributed by atoms with Gasteiger partial charge in [-0.1, -0.05) is 12.1 Å². The van der Waals surface area contributed by atoms with Crippen molar-refractivity contribution >= 4 is 0 Å². The van der Waals surface area contributed by atoms with Gasteiger partial charge in [-0.15, -0.1) is 0 Å². The third-order valence-electron chi connectivity index (χ3n) is 2.09. The number of halogens is 3. The molecule has 0 amide bonds. The highest BCUT2D eigenvalue weighted by molar-refractivity contribution is 5.24. The molecule has 0 bridgehead atoms. The average Bonchev–Trinajstić information content (AvgIpc) is 2.24. The predicted octanol–water partition coefficient (Wildman–Crippen LogP) is 2.44. The fourth-order valence-corrected chi connectivity index (χ4v) is 1.22. The van der Waals surface area contributed by atoms with Crippen molar-refractivity contribution in [3.8, 4) is 0 Å². The zero-order chi connectivity index (χ0) is 12.0. The Balaban J connectivity index is 2.46. The molecule has 0 aliphatic heterocycles. The Morgan fingerprint density at radius 3 is 2.31 bits per heavy atom. The largest absolute Gasteiger partial charge is 0.416 e. The minimum Gasteiger partial charge on any atom is -0.383 e. The van der Waals surface area contributed by atoms with Crippen molar-refractivity contribution in [1.82, 2.24) is 5.32 Å². The Bertz CT molecular complexity index is 308. The molecule has 0 spiro atoms. The first-order valence-electron chi connectivity index (χ1n) is 4.90. The van der Waals surface area contributed by atoms with Crippen molar-refractivity contribution < 1.29 is 17.9 Å². The van der Waals surface area contributed by atoms with Gasteiger partial charge in [0.25, 0.3) is 0 Å². The topological polar surface area (TPSA) is 21.3 Å². The SMILES string of the molecule is COCCNCc1ccc(C(F)(F)F)cc1. The van der Waals surface area contributed by atoms with Gasteiger partial charge in [0.1, 0.15) is 0 Å². The fraction of sp³-hybridized carbons (Fsp3) is 0.455. The second-order valence-corrected chi connectivity index (χ2v) is 3.36. The quantitative estimate of drug-likeness (QED) is 0.789. The van der Waals surface area contributed by atoms with E-state index in [1.165, 1.54) is 12.1 Å². The molecule has 90 valence electrons. The summed E-state index contributed by atoms with van der Waals surface area (Å²) >= 11 is 0. The molecule has 2 nitrogen and oxygen atoms in total. The summed E-state index contributed by atoms with van der Waals surface area (Å²) in [5, 5.41) is 3.05. The lowest BCUT2D eigenvalue weighted by Gasteiger charge is -2.08. The standard InChI is InChI=1S/C11H14F3NO/c1-16-7-6-15-8-9-2-4-10(5-3-9)11(12,13)14/h2-5,15H,6-8H2,1H3. The van der Waals surface area contributed by atoms with E-state index in [0.717, 1.165) is 17.7 Å². The molecule has 1 aromatic carbocycles. The number of methoxy groups -OCH3 is 1. The molecule has 0 aromatic heterocycles. The van der Waals surface area contributed by atoms with Crippen LogP contribution in [0.2, 0.25) is 0 Å². The predicted molar refractivity (Wildman–Crippen MR) is 55.0 cm³/mol. The summed E-state index contributed by atoms with van der Waals surface area (Å²) in [5.41, 5.74) is 0.206. The molecule has 0 aliphatic carbocycles. The summed E-state index contributed by atoms with van der Waals surface area (Å²) in [5.74, 6) is 0. The number of nitrogens with one attached hydrogen (secondary N) is 1. The van der Waals surface area contributed by atoms with Crippen LogP contribution in [0.15, 0.2) is 24.3 Å². The molecule has 0 aliphatic rings. The molecule has 0 saturated carbocycles. The van der Waals surface area contributed by atoms with Gasteiger partial charge in [0.05, 0.1) is 12.2 Å². The molecule has 1 rings (SSSR count). The molecule has 1 N–H and O–H groups in total. The second-order valence-electron chi connectivity index (χ2n) is 3.36. The van der Waals surface area contributed by atoms with Crippen LogP contribution in [-0.4, -0.2) is 20.3 Å². The Morgan fingerprint density at radius 1 is 1.19 bits per heavy atom. The molecule has 0 unspecified atom stereocenters. The van der Waals surface area contributed by atoms with Gasteiger partial charge in [0, 0.05) is 20.2 Å². The molecule has 0 heterocycles. The van der Waals surface area contributed by atoms with Gasteiger partial charge in [0.2, 0.25) is 0 Å². The van der Waals surface area contributed by atoms with Crippen molar-refractivity contribution in [3.05, 3.63) is 35.4 Å². The third-order valence-corrected chi connectivity index (χ3v) is 2.09. The molecule has 0 atom stereocenters. The number of alkyl halides is 3. The minimum atomic E-state index is -4.26. The molecule has 16 heavy (non-hydrogen) atoms. The molecular weight excluding hydrogens is 219 g/mol. The first kappa shape index (κ1) is 13.0. The molecule has 0 saturated heterocycles. The maximum absolute atomic E-state index is 12.2. The first-order chi connectivity index (χ1) is 7.54. The maximum Gasteiger partial charge on any atom is 0.416 e. The van der Waals surface area contributed by atoms with Crippen molar-refractivity contribution in [2.24, 2.45) is 0 Å². The number of benzene rings is 1. The van der Waals surface area contributed by atoms with E-state index in [1.54, 1.807) is 7.11 Å². The Kier molecular flexibility index (Phi) is 4.76. The van der Waals surface area contributed by atoms with Gasteiger partial charge in [-0.2, -0.15) is 13.2 Å². The zero-order valence-corrected chi connectivity index (χ0v) is 8.97. The van der Waals surface area contributed by atoms with Crippen LogP contribution < -0.4 is 5.32 Å². The molecule has 5 heteroatoms. The van der Waals surface area contributed by atoms with Gasteiger partial charge in [-0.05, 0) is 17.7 Å². The van der Waals surface area contributed by atoms with Crippen LogP contribution in [0, 0.1) is 0 Å². The zero-order valence-electron chi connectivity index (χ0n) is 8.97. The molecule has 0 radical (unpaired) electrons. The van der Waals surface area contributed by atoms with Crippen LogP contribution in [0.1, 0.15) is 11.1 Å². The molecular formula is C11H14F3NO. The van der Waals surface area contributed by atoms with Crippen molar-refractivity contribution in [3.63, 3.8) is 0 Å². The van der Waals surface area contributed by atoms with E-state index in [9.17, 15) is 13.2 Å². The number of hydrogen-bond acceptors (Lipinski definition) is 2. The Labute approximate surface area is 92.4 Å². The summed E-state index contributed by atoms with van der Waals surface area (Å²) in [6.07, 6.45) is -4.26. The third kappa shape index (κ3) is 4.20. The van der Waals surface area contributed by atoms with Crippen LogP contribution in [0.25, 0.3) is 0 Å². The highest BCUT2D eigenvalue weighted by Gasteiger charge is 2.29. The van der Waals surface area contributed by atoms with Crippen molar-refractivity contribution in [1.29, 1.82) is 0 Å². The van der Waals surface area contributed by atoms with E-state index in [2.05, 4.69) is 5.32 Å². The highest BCUT2D eigenvalue weighted by atomic mass is 19.4. The highest BCUT2D eigenvalue weighted by Crippen LogP contribution is 2.28. The van der Waals surface area contributed by atoms with Gasteiger partial charge in [-0.25, -0.2) is 0 Å². The van der Waals surface area contributed by atoms with Gasteiger partial charge in [0.15, 0.2) is 0 Å². The summed E-state index contributed by atoms with van der Waals surface area (Å²) in [6.45, 7) is 1.81. The van der Waals surface area contributed by atoms with Crippen LogP contribution in [0.4, 0.5) is 13.2 Å². The Hall–Kier alpha value is -1.07. The van der Waals surface area contributed by atoms with E-state index in [-0.39, 0.29) is 0 Å². The van der Waals surface area contributed by atoms with Gasteiger partial charge < -0.3 is 10.1 Å². The van der Waals surface area contributed by atoms with Crippen LogP contribution in [-0.2, 0) is 17.5 Å². The summed E-state index contributed by atoms with van der Waals surface area (Å²) in [6, 6.07) is 5.13. The molecule has 1 aromatic rings.